The summed E-state index contributed by atoms with van der Waals surface area (Å²) in [5, 5.41) is 6.32. The van der Waals surface area contributed by atoms with Crippen LogP contribution in [0, 0.1) is 5.92 Å². The number of nitrogens with zero attached hydrogens (tertiary/aromatic N) is 2. The molecule has 7 heteroatoms. The van der Waals surface area contributed by atoms with E-state index >= 15 is 0 Å². The Hall–Kier alpha value is -2.51. The second-order valence-corrected chi connectivity index (χ2v) is 5.38. The molecule has 23 heavy (non-hydrogen) atoms. The molecule has 7 nitrogen and oxygen atoms in total. The fourth-order valence-corrected chi connectivity index (χ4v) is 2.16. The van der Waals surface area contributed by atoms with Crippen LogP contribution in [0.3, 0.4) is 0 Å². The Labute approximate surface area is 134 Å². The highest BCUT2D eigenvalue weighted by molar-refractivity contribution is 5.98. The topological polar surface area (TPSA) is 88.2 Å². The first-order chi connectivity index (χ1) is 11.3. The molecule has 3 N–H and O–H groups in total. The molecule has 1 aliphatic heterocycles. The lowest BCUT2D eigenvalue weighted by molar-refractivity contribution is 0.00814. The van der Waals surface area contributed by atoms with E-state index in [0.717, 1.165) is 18.7 Å². The molecule has 2 aromatic heterocycles. The maximum atomic E-state index is 12.2. The van der Waals surface area contributed by atoms with Gasteiger partial charge in [0.1, 0.15) is 5.82 Å². The second kappa shape index (κ2) is 7.66. The van der Waals surface area contributed by atoms with Gasteiger partial charge in [0.2, 0.25) is 0 Å². The van der Waals surface area contributed by atoms with Crippen molar-refractivity contribution >= 4 is 11.7 Å². The third kappa shape index (κ3) is 4.24. The average molecular weight is 313 g/mol. The lowest BCUT2D eigenvalue weighted by atomic mass is 10.1. The zero-order valence-corrected chi connectivity index (χ0v) is 12.7. The molecule has 2 aromatic rings. The van der Waals surface area contributed by atoms with Crippen molar-refractivity contribution in [2.45, 2.75) is 6.54 Å². The van der Waals surface area contributed by atoms with Crippen LogP contribution in [0.15, 0.2) is 42.9 Å². The van der Waals surface area contributed by atoms with E-state index in [-0.39, 0.29) is 5.91 Å². The summed E-state index contributed by atoms with van der Waals surface area (Å²) in [5.41, 5.74) is 3.99. The van der Waals surface area contributed by atoms with Crippen molar-refractivity contribution in [1.29, 1.82) is 0 Å². The number of nitrogens with one attached hydrogen (secondary N) is 3. The second-order valence-electron chi connectivity index (χ2n) is 5.38. The van der Waals surface area contributed by atoms with Gasteiger partial charge in [0.15, 0.2) is 0 Å². The van der Waals surface area contributed by atoms with E-state index in [2.05, 4.69) is 26.1 Å². The number of carbonyl (C=O) groups excluding carboxylic acids is 1. The zero-order valence-electron chi connectivity index (χ0n) is 12.7. The zero-order chi connectivity index (χ0) is 15.9. The molecule has 3 rings (SSSR count). The molecule has 1 saturated heterocycles. The van der Waals surface area contributed by atoms with Gasteiger partial charge in [0.25, 0.3) is 5.91 Å². The predicted octanol–water partition coefficient (Wildman–Crippen LogP) is 0.969. The molecule has 0 unspecified atom stereocenters. The molecule has 0 spiro atoms. The molecule has 0 saturated carbocycles. The third-order valence-electron chi connectivity index (χ3n) is 3.61. The van der Waals surface area contributed by atoms with Crippen molar-refractivity contribution in [2.24, 2.45) is 5.92 Å². The summed E-state index contributed by atoms with van der Waals surface area (Å²) in [4.78, 5) is 25.7. The van der Waals surface area contributed by atoms with Gasteiger partial charge in [0, 0.05) is 44.1 Å². The molecule has 0 radical (unpaired) electrons. The Morgan fingerprint density at radius 2 is 2.09 bits per heavy atom. The molecule has 0 aliphatic carbocycles. The highest BCUT2D eigenvalue weighted by Gasteiger charge is 2.18. The SMILES string of the molecule is O=C(NOCC1CNC1)c1cccnc1NCc1ccncc1. The fourth-order valence-electron chi connectivity index (χ4n) is 2.16. The van der Waals surface area contributed by atoms with E-state index < -0.39 is 0 Å². The molecule has 0 bridgehead atoms. The van der Waals surface area contributed by atoms with Crippen LogP contribution >= 0.6 is 0 Å². The largest absolute Gasteiger partial charge is 0.365 e. The molecule has 1 aliphatic rings. The number of hydrogen-bond donors (Lipinski definition) is 3. The highest BCUT2D eigenvalue weighted by Crippen LogP contribution is 2.13. The normalized spacial score (nSPS) is 14.1. The minimum absolute atomic E-state index is 0.303. The van der Waals surface area contributed by atoms with Gasteiger partial charge in [-0.25, -0.2) is 10.5 Å². The van der Waals surface area contributed by atoms with E-state index in [0.29, 0.717) is 30.5 Å². The number of pyridine rings is 2. The first-order valence-corrected chi connectivity index (χ1v) is 7.53. The monoisotopic (exact) mass is 313 g/mol. The Morgan fingerprint density at radius 3 is 2.83 bits per heavy atom. The number of aromatic nitrogens is 2. The van der Waals surface area contributed by atoms with Crippen LogP contribution in [0.1, 0.15) is 15.9 Å². The molecule has 1 amide bonds. The summed E-state index contributed by atoms with van der Waals surface area (Å²) in [5.74, 6) is 0.687. The van der Waals surface area contributed by atoms with Crippen LogP contribution in [0.5, 0.6) is 0 Å². The van der Waals surface area contributed by atoms with Gasteiger partial charge in [-0.15, -0.1) is 0 Å². The maximum Gasteiger partial charge on any atom is 0.278 e. The van der Waals surface area contributed by atoms with Crippen molar-refractivity contribution in [3.63, 3.8) is 0 Å². The van der Waals surface area contributed by atoms with Gasteiger partial charge in [-0.3, -0.25) is 14.6 Å². The van der Waals surface area contributed by atoms with Crippen LogP contribution in [-0.2, 0) is 11.4 Å². The van der Waals surface area contributed by atoms with Gasteiger partial charge >= 0.3 is 0 Å². The number of hydrogen-bond acceptors (Lipinski definition) is 6. The van der Waals surface area contributed by atoms with Crippen molar-refractivity contribution in [3.8, 4) is 0 Å². The van der Waals surface area contributed by atoms with Gasteiger partial charge in [-0.1, -0.05) is 0 Å². The van der Waals surface area contributed by atoms with Crippen LogP contribution < -0.4 is 16.1 Å². The summed E-state index contributed by atoms with van der Waals surface area (Å²) in [6.07, 6.45) is 5.10. The van der Waals surface area contributed by atoms with E-state index in [1.165, 1.54) is 0 Å². The molecular formula is C16H19N5O2. The first-order valence-electron chi connectivity index (χ1n) is 7.53. The van der Waals surface area contributed by atoms with Crippen LogP contribution in [0.2, 0.25) is 0 Å². The summed E-state index contributed by atoms with van der Waals surface area (Å²) in [6, 6.07) is 7.25. The van der Waals surface area contributed by atoms with Crippen LogP contribution in [0.4, 0.5) is 5.82 Å². The van der Waals surface area contributed by atoms with Crippen LogP contribution in [-0.4, -0.2) is 35.6 Å². The summed E-state index contributed by atoms with van der Waals surface area (Å²) >= 11 is 0. The summed E-state index contributed by atoms with van der Waals surface area (Å²) in [6.45, 7) is 2.94. The van der Waals surface area contributed by atoms with Crippen LogP contribution in [0.25, 0.3) is 0 Å². The van der Waals surface area contributed by atoms with E-state index in [1.807, 2.05) is 12.1 Å². The van der Waals surface area contributed by atoms with Gasteiger partial charge in [-0.2, -0.15) is 0 Å². The number of rotatable bonds is 7. The van der Waals surface area contributed by atoms with Gasteiger partial charge in [0.05, 0.1) is 12.2 Å². The number of hydroxylamine groups is 1. The van der Waals surface area contributed by atoms with Crippen molar-refractivity contribution < 1.29 is 9.63 Å². The lowest BCUT2D eigenvalue weighted by Gasteiger charge is -2.26. The third-order valence-corrected chi connectivity index (χ3v) is 3.61. The summed E-state index contributed by atoms with van der Waals surface area (Å²) in [7, 11) is 0. The number of carbonyl (C=O) groups is 1. The number of anilines is 1. The quantitative estimate of drug-likeness (QED) is 0.660. The minimum Gasteiger partial charge on any atom is -0.365 e. The lowest BCUT2D eigenvalue weighted by Crippen LogP contribution is -2.45. The Balaban J connectivity index is 1.56. The Morgan fingerprint density at radius 1 is 1.26 bits per heavy atom. The van der Waals surface area contributed by atoms with Gasteiger partial charge in [-0.05, 0) is 29.8 Å². The standard InChI is InChI=1S/C16H19N5O2/c22-16(21-23-11-13-8-18-9-13)14-2-1-5-19-15(14)20-10-12-3-6-17-7-4-12/h1-7,13,18H,8-11H2,(H,19,20)(H,21,22). The van der Waals surface area contributed by atoms with Crippen molar-refractivity contribution in [2.75, 3.05) is 25.0 Å². The fraction of sp³-hybridized carbons (Fsp3) is 0.312. The smallest absolute Gasteiger partial charge is 0.278 e. The predicted molar refractivity (Wildman–Crippen MR) is 85.6 cm³/mol. The molecule has 3 heterocycles. The van der Waals surface area contributed by atoms with E-state index in [4.69, 9.17) is 4.84 Å². The molecule has 120 valence electrons. The molecule has 0 aromatic carbocycles. The number of amides is 1. The van der Waals surface area contributed by atoms with Crippen molar-refractivity contribution in [3.05, 3.63) is 54.0 Å². The maximum absolute atomic E-state index is 12.2. The van der Waals surface area contributed by atoms with E-state index in [1.54, 1.807) is 30.7 Å². The molecule has 0 atom stereocenters. The molecule has 1 fully saturated rings. The minimum atomic E-state index is -0.303. The first kappa shape index (κ1) is 15.4. The van der Waals surface area contributed by atoms with Gasteiger partial charge < -0.3 is 10.6 Å². The Kier molecular flexibility index (Phi) is 5.13. The average Bonchev–Trinajstić information content (AvgIpc) is 2.56. The highest BCUT2D eigenvalue weighted by atomic mass is 16.7. The van der Waals surface area contributed by atoms with E-state index in [9.17, 15) is 4.79 Å². The molecular weight excluding hydrogens is 294 g/mol. The van der Waals surface area contributed by atoms with Crippen molar-refractivity contribution in [1.82, 2.24) is 20.8 Å². The Bertz CT molecular complexity index is 646. The summed E-state index contributed by atoms with van der Waals surface area (Å²) < 4.78 is 0.